The average Bonchev–Trinajstić information content (AvgIpc) is 3.00. The fourth-order valence-corrected chi connectivity index (χ4v) is 2.67. The lowest BCUT2D eigenvalue weighted by molar-refractivity contribution is -0.0236. The van der Waals surface area contributed by atoms with Crippen molar-refractivity contribution in [1.29, 1.82) is 0 Å². The number of aliphatic hydroxyl groups is 3. The van der Waals surface area contributed by atoms with Crippen LogP contribution < -0.4 is 4.48 Å². The van der Waals surface area contributed by atoms with E-state index in [4.69, 9.17) is 4.74 Å². The molecule has 22 heavy (non-hydrogen) atoms. The maximum absolute atomic E-state index is 10.1. The summed E-state index contributed by atoms with van der Waals surface area (Å²) < 4.78 is 5.98. The predicted octanol–water partition coefficient (Wildman–Crippen LogP) is -1.30. The summed E-state index contributed by atoms with van der Waals surface area (Å²) in [4.78, 5) is 8.49. The minimum absolute atomic E-state index is 0.375. The van der Waals surface area contributed by atoms with E-state index in [2.05, 4.69) is 20.2 Å². The number of ether oxygens (including phenoxy) is 1. The summed E-state index contributed by atoms with van der Waals surface area (Å²) in [6.07, 6.45) is -2.55. The van der Waals surface area contributed by atoms with E-state index < -0.39 is 24.4 Å². The number of aromatic nitrogens is 4. The molecule has 0 aliphatic carbocycles. The molecule has 120 valence electrons. The molecule has 2 aromatic rings. The molecule has 0 radical (unpaired) electrons. The van der Waals surface area contributed by atoms with E-state index in [0.29, 0.717) is 21.2 Å². The lowest BCUT2D eigenvalue weighted by Crippen LogP contribution is -2.36. The third kappa shape index (κ3) is 2.27. The zero-order chi connectivity index (χ0) is 16.1. The fraction of sp³-hybridized carbons (Fsp3) is 0.615. The number of H-pyrrole nitrogens is 1. The van der Waals surface area contributed by atoms with Crippen LogP contribution in [0, 0.1) is 0 Å². The van der Waals surface area contributed by atoms with Gasteiger partial charge in [0, 0.05) is 0 Å². The Morgan fingerprint density at radius 2 is 1.91 bits per heavy atom. The van der Waals surface area contributed by atoms with Crippen molar-refractivity contribution >= 4 is 16.9 Å². The zero-order valence-corrected chi connectivity index (χ0v) is 12.6. The van der Waals surface area contributed by atoms with Gasteiger partial charge in [0.1, 0.15) is 36.3 Å². The number of hydrogen-bond acceptors (Lipinski definition) is 7. The van der Waals surface area contributed by atoms with Crippen LogP contribution in [0.15, 0.2) is 6.33 Å². The monoisotopic (exact) mass is 310 g/mol. The maximum Gasteiger partial charge on any atom is 0.258 e. The number of nitrogens with one attached hydrogen (secondary N) is 1. The fourth-order valence-electron chi connectivity index (χ4n) is 2.67. The average molecular weight is 310 g/mol. The van der Waals surface area contributed by atoms with Gasteiger partial charge in [0.2, 0.25) is 0 Å². The Morgan fingerprint density at radius 1 is 1.18 bits per heavy atom. The topological polar surface area (TPSA) is 124 Å². The standard InChI is InChI=1S/C13H20N5O4/c1-18(2,3)13-9-7(14-5-15-13)8(16-17-9)12-11(21)10(20)6(4-19)22-12/h5-6,10-12,19-21H,4H2,1-3H3,(H,16,17)/q+1. The Labute approximate surface area is 126 Å². The van der Waals surface area contributed by atoms with Crippen molar-refractivity contribution in [3.8, 4) is 0 Å². The Balaban J connectivity index is 2.07. The smallest absolute Gasteiger partial charge is 0.258 e. The van der Waals surface area contributed by atoms with Crippen LogP contribution in [0.3, 0.4) is 0 Å². The van der Waals surface area contributed by atoms with E-state index in [1.54, 1.807) is 0 Å². The molecule has 3 rings (SSSR count). The van der Waals surface area contributed by atoms with Crippen LogP contribution in [0.2, 0.25) is 0 Å². The summed E-state index contributed by atoms with van der Waals surface area (Å²) in [5.41, 5.74) is 1.59. The van der Waals surface area contributed by atoms with Gasteiger partial charge in [-0.1, -0.05) is 0 Å². The van der Waals surface area contributed by atoms with E-state index in [0.717, 1.165) is 5.82 Å². The molecular formula is C13H20N5O4+. The SMILES string of the molecule is C[N+](C)(C)c1ncnc2c(C3OC(CO)C(O)C3O)[nH]nc12. The molecule has 9 heteroatoms. The molecule has 0 spiro atoms. The van der Waals surface area contributed by atoms with E-state index in [9.17, 15) is 15.3 Å². The summed E-state index contributed by atoms with van der Waals surface area (Å²) in [6.45, 7) is -0.375. The number of nitrogens with zero attached hydrogens (tertiary/aromatic N) is 4. The highest BCUT2D eigenvalue weighted by molar-refractivity contribution is 5.86. The first kappa shape index (κ1) is 15.3. The van der Waals surface area contributed by atoms with E-state index >= 15 is 0 Å². The van der Waals surface area contributed by atoms with Gasteiger partial charge in [-0.3, -0.25) is 9.58 Å². The second kappa shape index (κ2) is 5.21. The van der Waals surface area contributed by atoms with Crippen LogP contribution in [0.25, 0.3) is 11.0 Å². The molecule has 4 N–H and O–H groups in total. The molecule has 3 heterocycles. The number of aromatic amines is 1. The van der Waals surface area contributed by atoms with Crippen molar-refractivity contribution in [2.45, 2.75) is 24.4 Å². The van der Waals surface area contributed by atoms with Crippen LogP contribution in [0.5, 0.6) is 0 Å². The normalized spacial score (nSPS) is 29.4. The van der Waals surface area contributed by atoms with Gasteiger partial charge >= 0.3 is 0 Å². The quantitative estimate of drug-likeness (QED) is 0.520. The molecule has 0 amide bonds. The molecule has 0 saturated carbocycles. The highest BCUT2D eigenvalue weighted by Crippen LogP contribution is 2.36. The zero-order valence-electron chi connectivity index (χ0n) is 12.6. The van der Waals surface area contributed by atoms with Gasteiger partial charge in [-0.2, -0.15) is 10.1 Å². The van der Waals surface area contributed by atoms with Gasteiger partial charge in [-0.25, -0.2) is 4.98 Å². The minimum atomic E-state index is -1.16. The summed E-state index contributed by atoms with van der Waals surface area (Å²) in [5, 5.41) is 36.3. The second-order valence-electron chi connectivity index (χ2n) is 6.30. The Kier molecular flexibility index (Phi) is 3.62. The maximum atomic E-state index is 10.1. The molecule has 1 aliphatic heterocycles. The van der Waals surface area contributed by atoms with Crippen LogP contribution >= 0.6 is 0 Å². The lowest BCUT2D eigenvalue weighted by Gasteiger charge is -2.21. The van der Waals surface area contributed by atoms with E-state index in [1.807, 2.05) is 21.1 Å². The second-order valence-corrected chi connectivity index (χ2v) is 6.30. The first-order chi connectivity index (χ1) is 10.3. The van der Waals surface area contributed by atoms with Gasteiger partial charge < -0.3 is 20.1 Å². The Bertz CT molecular complexity index is 683. The number of hydrogen-bond donors (Lipinski definition) is 4. The third-order valence-corrected chi connectivity index (χ3v) is 3.81. The lowest BCUT2D eigenvalue weighted by atomic mass is 10.1. The molecule has 4 unspecified atom stereocenters. The van der Waals surface area contributed by atoms with Crippen molar-refractivity contribution in [2.75, 3.05) is 27.7 Å². The molecule has 1 aliphatic rings. The van der Waals surface area contributed by atoms with Gasteiger partial charge in [0.25, 0.3) is 5.82 Å². The molecule has 4 atom stereocenters. The summed E-state index contributed by atoms with van der Waals surface area (Å²) >= 11 is 0. The van der Waals surface area contributed by atoms with Crippen LogP contribution in [0.1, 0.15) is 11.8 Å². The van der Waals surface area contributed by atoms with Crippen molar-refractivity contribution in [1.82, 2.24) is 24.6 Å². The third-order valence-electron chi connectivity index (χ3n) is 3.81. The molecule has 0 aromatic carbocycles. The molecule has 1 fully saturated rings. The highest BCUT2D eigenvalue weighted by atomic mass is 16.6. The number of aliphatic hydroxyl groups excluding tert-OH is 3. The first-order valence-electron chi connectivity index (χ1n) is 6.98. The van der Waals surface area contributed by atoms with Crippen molar-refractivity contribution in [3.63, 3.8) is 0 Å². The van der Waals surface area contributed by atoms with Crippen LogP contribution in [0.4, 0.5) is 5.82 Å². The highest BCUT2D eigenvalue weighted by Gasteiger charge is 2.45. The van der Waals surface area contributed by atoms with E-state index in [-0.39, 0.29) is 6.61 Å². The summed E-state index contributed by atoms with van der Waals surface area (Å²) in [6, 6.07) is 0. The van der Waals surface area contributed by atoms with Gasteiger partial charge in [-0.15, -0.1) is 0 Å². The Morgan fingerprint density at radius 3 is 2.50 bits per heavy atom. The minimum Gasteiger partial charge on any atom is -0.394 e. The van der Waals surface area contributed by atoms with Gasteiger partial charge in [0.05, 0.1) is 33.4 Å². The van der Waals surface area contributed by atoms with Gasteiger partial charge in [-0.05, 0) is 0 Å². The largest absolute Gasteiger partial charge is 0.394 e. The molecule has 9 nitrogen and oxygen atoms in total. The van der Waals surface area contributed by atoms with Crippen molar-refractivity contribution in [3.05, 3.63) is 12.0 Å². The number of fused-ring (bicyclic) bond motifs is 1. The summed E-state index contributed by atoms with van der Waals surface area (Å²) in [5.74, 6) is 0.722. The molecule has 0 bridgehead atoms. The van der Waals surface area contributed by atoms with Crippen LogP contribution in [-0.4, -0.2) is 81.5 Å². The number of rotatable bonds is 3. The van der Waals surface area contributed by atoms with Crippen molar-refractivity contribution in [2.24, 2.45) is 0 Å². The number of quaternary nitrogens is 1. The molecule has 2 aromatic heterocycles. The van der Waals surface area contributed by atoms with Gasteiger partial charge in [0.15, 0.2) is 5.52 Å². The molecular weight excluding hydrogens is 290 g/mol. The summed E-state index contributed by atoms with van der Waals surface area (Å²) in [7, 11) is 5.88. The van der Waals surface area contributed by atoms with E-state index in [1.165, 1.54) is 6.33 Å². The van der Waals surface area contributed by atoms with Crippen molar-refractivity contribution < 1.29 is 20.1 Å². The van der Waals surface area contributed by atoms with Crippen LogP contribution in [-0.2, 0) is 4.74 Å². The first-order valence-corrected chi connectivity index (χ1v) is 6.98. The predicted molar refractivity (Wildman–Crippen MR) is 78.0 cm³/mol. The Hall–Kier alpha value is -1.65. The molecule has 1 saturated heterocycles.